The van der Waals surface area contributed by atoms with Gasteiger partial charge in [-0.2, -0.15) is 0 Å². The summed E-state index contributed by atoms with van der Waals surface area (Å²) in [6.45, 7) is 4.02. The van der Waals surface area contributed by atoms with Crippen molar-refractivity contribution in [2.75, 3.05) is 18.0 Å². The van der Waals surface area contributed by atoms with Gasteiger partial charge in [-0.1, -0.05) is 18.2 Å². The highest BCUT2D eigenvalue weighted by Crippen LogP contribution is 2.36. The molecule has 2 N–H and O–H groups in total. The molecule has 1 aromatic rings. The summed E-state index contributed by atoms with van der Waals surface area (Å²) < 4.78 is 0. The Morgan fingerprint density at radius 3 is 2.47 bits per heavy atom. The minimum Gasteiger partial charge on any atom is -0.367 e. The molecule has 1 aliphatic carbocycles. The van der Waals surface area contributed by atoms with Crippen molar-refractivity contribution in [2.45, 2.75) is 25.8 Å². The maximum Gasteiger partial charge on any atom is 0.0440 e. The Morgan fingerprint density at radius 1 is 1.33 bits per heavy atom. The van der Waals surface area contributed by atoms with Crippen LogP contribution in [0.2, 0.25) is 0 Å². The summed E-state index contributed by atoms with van der Waals surface area (Å²) in [7, 11) is 0. The van der Waals surface area contributed by atoms with Gasteiger partial charge < -0.3 is 10.6 Å². The molecular formula is C13H20N2. The molecule has 1 fully saturated rings. The molecule has 82 valence electrons. The fourth-order valence-electron chi connectivity index (χ4n) is 2.28. The summed E-state index contributed by atoms with van der Waals surface area (Å²) in [5.74, 6) is 0.829. The second kappa shape index (κ2) is 4.67. The van der Waals surface area contributed by atoms with Gasteiger partial charge in [0.05, 0.1) is 0 Å². The van der Waals surface area contributed by atoms with Gasteiger partial charge in [-0.25, -0.2) is 0 Å². The van der Waals surface area contributed by atoms with Crippen molar-refractivity contribution in [3.63, 3.8) is 0 Å². The zero-order valence-electron chi connectivity index (χ0n) is 9.39. The van der Waals surface area contributed by atoms with E-state index in [0.717, 1.165) is 19.0 Å². The molecule has 0 aromatic heterocycles. The minimum atomic E-state index is 0.539. The van der Waals surface area contributed by atoms with Crippen molar-refractivity contribution in [3.8, 4) is 0 Å². The Bertz CT molecular complexity index is 293. The molecule has 2 heteroatoms. The van der Waals surface area contributed by atoms with Gasteiger partial charge >= 0.3 is 0 Å². The quantitative estimate of drug-likeness (QED) is 0.797. The van der Waals surface area contributed by atoms with E-state index in [1.807, 2.05) is 0 Å². The highest BCUT2D eigenvalue weighted by Gasteiger charge is 2.33. The molecule has 1 atom stereocenters. The monoisotopic (exact) mass is 204 g/mol. The third-order valence-corrected chi connectivity index (χ3v) is 3.24. The van der Waals surface area contributed by atoms with Crippen LogP contribution in [-0.2, 0) is 0 Å². The number of benzene rings is 1. The lowest BCUT2D eigenvalue weighted by Gasteiger charge is -2.32. The number of likely N-dealkylation sites (N-methyl/N-ethyl adjacent to an activating group) is 1. The topological polar surface area (TPSA) is 29.3 Å². The van der Waals surface area contributed by atoms with Gasteiger partial charge in [-0.05, 0) is 37.8 Å². The summed E-state index contributed by atoms with van der Waals surface area (Å²) in [6.07, 6.45) is 2.70. The summed E-state index contributed by atoms with van der Waals surface area (Å²) >= 11 is 0. The van der Waals surface area contributed by atoms with Gasteiger partial charge in [0.2, 0.25) is 0 Å². The fourth-order valence-corrected chi connectivity index (χ4v) is 2.28. The predicted octanol–water partition coefficient (Wildman–Crippen LogP) is 2.25. The van der Waals surface area contributed by atoms with Crippen molar-refractivity contribution in [3.05, 3.63) is 30.3 Å². The lowest BCUT2D eigenvalue weighted by molar-refractivity contribution is 0.548. The van der Waals surface area contributed by atoms with E-state index < -0.39 is 0 Å². The minimum absolute atomic E-state index is 0.539. The molecule has 0 heterocycles. The first kappa shape index (κ1) is 10.5. The van der Waals surface area contributed by atoms with Gasteiger partial charge in [0.15, 0.2) is 0 Å². The van der Waals surface area contributed by atoms with Crippen molar-refractivity contribution in [2.24, 2.45) is 11.7 Å². The molecule has 1 saturated carbocycles. The van der Waals surface area contributed by atoms with Crippen LogP contribution < -0.4 is 10.6 Å². The van der Waals surface area contributed by atoms with Gasteiger partial charge in [-0.15, -0.1) is 0 Å². The second-order valence-corrected chi connectivity index (χ2v) is 4.26. The highest BCUT2D eigenvalue weighted by atomic mass is 15.2. The molecule has 0 aliphatic heterocycles. The van der Waals surface area contributed by atoms with E-state index in [1.165, 1.54) is 18.5 Å². The molecular weight excluding hydrogens is 184 g/mol. The number of rotatable bonds is 5. The maximum atomic E-state index is 5.89. The lowest BCUT2D eigenvalue weighted by atomic mass is 10.1. The Balaban J connectivity index is 2.15. The zero-order chi connectivity index (χ0) is 10.7. The Morgan fingerprint density at radius 2 is 2.00 bits per heavy atom. The van der Waals surface area contributed by atoms with E-state index in [0.29, 0.717) is 6.04 Å². The summed E-state index contributed by atoms with van der Waals surface area (Å²) in [4.78, 5) is 2.44. The van der Waals surface area contributed by atoms with E-state index in [9.17, 15) is 0 Å². The van der Waals surface area contributed by atoms with E-state index in [1.54, 1.807) is 0 Å². The third-order valence-electron chi connectivity index (χ3n) is 3.24. The number of hydrogen-bond acceptors (Lipinski definition) is 2. The molecule has 0 saturated heterocycles. The van der Waals surface area contributed by atoms with Crippen LogP contribution in [0.3, 0.4) is 0 Å². The number of para-hydroxylation sites is 1. The summed E-state index contributed by atoms with van der Waals surface area (Å²) in [5.41, 5.74) is 7.19. The van der Waals surface area contributed by atoms with Gasteiger partial charge in [0.25, 0.3) is 0 Å². The smallest absolute Gasteiger partial charge is 0.0440 e. The number of nitrogens with two attached hydrogens (primary N) is 1. The zero-order valence-corrected chi connectivity index (χ0v) is 9.39. The normalized spacial score (nSPS) is 17.5. The van der Waals surface area contributed by atoms with Crippen LogP contribution in [0.25, 0.3) is 0 Å². The van der Waals surface area contributed by atoms with Crippen molar-refractivity contribution < 1.29 is 0 Å². The van der Waals surface area contributed by atoms with Crippen LogP contribution in [0, 0.1) is 5.92 Å². The molecule has 2 nitrogen and oxygen atoms in total. The molecule has 1 aromatic carbocycles. The maximum absolute atomic E-state index is 5.89. The molecule has 2 rings (SSSR count). The molecule has 0 radical (unpaired) electrons. The summed E-state index contributed by atoms with van der Waals surface area (Å²) in [6, 6.07) is 11.1. The van der Waals surface area contributed by atoms with Crippen LogP contribution in [-0.4, -0.2) is 19.1 Å². The van der Waals surface area contributed by atoms with Crippen LogP contribution >= 0.6 is 0 Å². The van der Waals surface area contributed by atoms with Gasteiger partial charge in [0.1, 0.15) is 0 Å². The first-order valence-corrected chi connectivity index (χ1v) is 5.88. The average Bonchev–Trinajstić information content (AvgIpc) is 3.11. The SMILES string of the molecule is CCN(c1ccccc1)C(CN)C1CC1. The molecule has 1 aliphatic rings. The first-order chi connectivity index (χ1) is 7.36. The van der Waals surface area contributed by atoms with Gasteiger partial charge in [0, 0.05) is 24.8 Å². The fraction of sp³-hybridized carbons (Fsp3) is 0.538. The number of nitrogens with zero attached hydrogens (tertiary/aromatic N) is 1. The Hall–Kier alpha value is -1.02. The van der Waals surface area contributed by atoms with E-state index in [2.05, 4.69) is 42.2 Å². The Kier molecular flexibility index (Phi) is 3.27. The molecule has 0 bridgehead atoms. The molecule has 1 unspecified atom stereocenters. The Labute approximate surface area is 92.1 Å². The van der Waals surface area contributed by atoms with E-state index >= 15 is 0 Å². The van der Waals surface area contributed by atoms with Crippen LogP contribution in [0.1, 0.15) is 19.8 Å². The predicted molar refractivity (Wildman–Crippen MR) is 65.0 cm³/mol. The van der Waals surface area contributed by atoms with Crippen LogP contribution in [0.15, 0.2) is 30.3 Å². The average molecular weight is 204 g/mol. The number of anilines is 1. The van der Waals surface area contributed by atoms with E-state index in [4.69, 9.17) is 5.73 Å². The second-order valence-electron chi connectivity index (χ2n) is 4.26. The molecule has 15 heavy (non-hydrogen) atoms. The van der Waals surface area contributed by atoms with E-state index in [-0.39, 0.29) is 0 Å². The van der Waals surface area contributed by atoms with Crippen molar-refractivity contribution >= 4 is 5.69 Å². The van der Waals surface area contributed by atoms with Crippen LogP contribution in [0.5, 0.6) is 0 Å². The largest absolute Gasteiger partial charge is 0.367 e. The third kappa shape index (κ3) is 2.32. The lowest BCUT2D eigenvalue weighted by Crippen LogP contribution is -2.42. The summed E-state index contributed by atoms with van der Waals surface area (Å²) in [5, 5.41) is 0. The van der Waals surface area contributed by atoms with Crippen molar-refractivity contribution in [1.29, 1.82) is 0 Å². The molecule has 0 spiro atoms. The van der Waals surface area contributed by atoms with Gasteiger partial charge in [-0.3, -0.25) is 0 Å². The van der Waals surface area contributed by atoms with Crippen molar-refractivity contribution in [1.82, 2.24) is 0 Å². The standard InChI is InChI=1S/C13H20N2/c1-2-15(12-6-4-3-5-7-12)13(10-14)11-8-9-11/h3-7,11,13H,2,8-10,14H2,1H3. The highest BCUT2D eigenvalue weighted by molar-refractivity contribution is 5.47. The molecule has 0 amide bonds. The van der Waals surface area contributed by atoms with Crippen LogP contribution in [0.4, 0.5) is 5.69 Å². The first-order valence-electron chi connectivity index (χ1n) is 5.88. The number of hydrogen-bond donors (Lipinski definition) is 1.